The number of ether oxygens (including phenoxy) is 2. The lowest BCUT2D eigenvalue weighted by atomic mass is 10.0. The largest absolute Gasteiger partial charge is 0.490 e. The number of benzene rings is 2. The second-order valence-corrected chi connectivity index (χ2v) is 8.10. The second kappa shape index (κ2) is 9.57. The number of hydrogen-bond acceptors (Lipinski definition) is 5. The van der Waals surface area contributed by atoms with Gasteiger partial charge in [0.15, 0.2) is 6.10 Å². The van der Waals surface area contributed by atoms with Gasteiger partial charge >= 0.3 is 5.97 Å². The first-order valence-electron chi connectivity index (χ1n) is 10.8. The highest BCUT2D eigenvalue weighted by atomic mass is 35.5. The number of aromatic nitrogens is 1. The fraction of sp³-hybridized carbons (Fsp3) is 0.320. The van der Waals surface area contributed by atoms with Crippen LogP contribution in [0.25, 0.3) is 22.0 Å². The quantitative estimate of drug-likeness (QED) is 0.549. The highest BCUT2D eigenvalue weighted by Crippen LogP contribution is 2.27. The van der Waals surface area contributed by atoms with E-state index < -0.39 is 6.10 Å². The van der Waals surface area contributed by atoms with Crippen LogP contribution in [0.1, 0.15) is 25.7 Å². The van der Waals surface area contributed by atoms with E-state index in [9.17, 15) is 9.59 Å². The van der Waals surface area contributed by atoms with E-state index in [4.69, 9.17) is 9.47 Å². The first kappa shape index (κ1) is 22.1. The van der Waals surface area contributed by atoms with Crippen molar-refractivity contribution < 1.29 is 19.1 Å². The molecule has 32 heavy (non-hydrogen) atoms. The Balaban J connectivity index is 0.00000245. The van der Waals surface area contributed by atoms with Crippen molar-refractivity contribution in [2.24, 2.45) is 0 Å². The van der Waals surface area contributed by atoms with Gasteiger partial charge in [0, 0.05) is 55.9 Å². The van der Waals surface area contributed by atoms with Crippen LogP contribution in [0.3, 0.4) is 0 Å². The van der Waals surface area contributed by atoms with Crippen molar-refractivity contribution in [3.05, 3.63) is 60.8 Å². The summed E-state index contributed by atoms with van der Waals surface area (Å²) >= 11 is 0. The fourth-order valence-electron chi connectivity index (χ4n) is 4.24. The van der Waals surface area contributed by atoms with Crippen LogP contribution in [-0.4, -0.2) is 47.1 Å². The number of fused-ring (bicyclic) bond motifs is 1. The summed E-state index contributed by atoms with van der Waals surface area (Å²) in [6.07, 6.45) is 3.73. The number of rotatable bonds is 4. The predicted molar refractivity (Wildman–Crippen MR) is 124 cm³/mol. The molecule has 0 unspecified atom stereocenters. The van der Waals surface area contributed by atoms with Crippen LogP contribution in [0.5, 0.6) is 5.75 Å². The number of cyclic esters (lactones) is 1. The minimum atomic E-state index is -0.595. The molecule has 166 valence electrons. The van der Waals surface area contributed by atoms with Crippen molar-refractivity contribution in [1.82, 2.24) is 9.88 Å². The summed E-state index contributed by atoms with van der Waals surface area (Å²) in [6, 6.07) is 18.3. The Kier molecular flexibility index (Phi) is 6.61. The van der Waals surface area contributed by atoms with Crippen molar-refractivity contribution in [3.63, 3.8) is 0 Å². The molecule has 7 heteroatoms. The number of esters is 1. The topological polar surface area (TPSA) is 68.7 Å². The molecule has 2 aliphatic rings. The Morgan fingerprint density at radius 1 is 1.00 bits per heavy atom. The van der Waals surface area contributed by atoms with Gasteiger partial charge in [0.1, 0.15) is 11.9 Å². The summed E-state index contributed by atoms with van der Waals surface area (Å²) in [5.74, 6) is 0.476. The number of hydrogen-bond donors (Lipinski definition) is 0. The minimum absolute atomic E-state index is 0. The molecule has 2 aliphatic heterocycles. The van der Waals surface area contributed by atoms with E-state index in [0.717, 1.165) is 40.6 Å². The van der Waals surface area contributed by atoms with Crippen LogP contribution in [0, 0.1) is 0 Å². The summed E-state index contributed by atoms with van der Waals surface area (Å²) in [7, 11) is 0. The van der Waals surface area contributed by atoms with Crippen LogP contribution in [0.4, 0.5) is 0 Å². The zero-order chi connectivity index (χ0) is 21.2. The summed E-state index contributed by atoms with van der Waals surface area (Å²) in [5, 5.41) is 1.12. The van der Waals surface area contributed by atoms with Crippen molar-refractivity contribution in [3.8, 4) is 16.9 Å². The summed E-state index contributed by atoms with van der Waals surface area (Å²) in [6.45, 7) is 1.25. The fourth-order valence-corrected chi connectivity index (χ4v) is 4.24. The monoisotopic (exact) mass is 452 g/mol. The highest BCUT2D eigenvalue weighted by Gasteiger charge is 2.34. The highest BCUT2D eigenvalue weighted by molar-refractivity contribution is 5.86. The van der Waals surface area contributed by atoms with Gasteiger partial charge in [-0.05, 0) is 29.8 Å². The number of piperidine rings is 1. The molecular formula is C25H25ClN2O4. The van der Waals surface area contributed by atoms with Crippen LogP contribution >= 0.6 is 12.4 Å². The molecule has 1 amide bonds. The maximum Gasteiger partial charge on any atom is 0.306 e. The summed E-state index contributed by atoms with van der Waals surface area (Å²) in [4.78, 5) is 30.0. The van der Waals surface area contributed by atoms with Gasteiger partial charge < -0.3 is 14.4 Å². The van der Waals surface area contributed by atoms with Gasteiger partial charge in [-0.2, -0.15) is 0 Å². The average Bonchev–Trinajstić information content (AvgIpc) is 3.25. The first-order valence-corrected chi connectivity index (χ1v) is 10.8. The van der Waals surface area contributed by atoms with Crippen LogP contribution < -0.4 is 4.74 Å². The lowest BCUT2D eigenvalue weighted by Gasteiger charge is -2.33. The predicted octanol–water partition coefficient (Wildman–Crippen LogP) is 4.40. The van der Waals surface area contributed by atoms with Crippen LogP contribution in [-0.2, 0) is 14.3 Å². The van der Waals surface area contributed by atoms with E-state index in [2.05, 4.69) is 17.1 Å². The summed E-state index contributed by atoms with van der Waals surface area (Å²) in [5.41, 5.74) is 3.16. The number of carbonyl (C=O) groups is 2. The Labute approximate surface area is 192 Å². The molecular weight excluding hydrogens is 428 g/mol. The molecule has 3 aromatic rings. The third kappa shape index (κ3) is 4.70. The average molecular weight is 453 g/mol. The third-order valence-electron chi connectivity index (χ3n) is 5.99. The molecule has 1 aromatic heterocycles. The zero-order valence-corrected chi connectivity index (χ0v) is 18.4. The normalized spacial score (nSPS) is 18.8. The molecule has 2 fully saturated rings. The molecule has 3 heterocycles. The molecule has 2 saturated heterocycles. The Morgan fingerprint density at radius 3 is 2.47 bits per heavy atom. The SMILES string of the molecule is Cl.O=C1CC[C@H](C(=O)N2CCC(Oc3ccc(-c4cnc5ccccc5c4)cc3)CC2)O1. The maximum absolute atomic E-state index is 12.5. The molecule has 0 saturated carbocycles. The lowest BCUT2D eigenvalue weighted by Crippen LogP contribution is -2.46. The van der Waals surface area contributed by atoms with Gasteiger partial charge in [0.2, 0.25) is 0 Å². The van der Waals surface area contributed by atoms with E-state index in [0.29, 0.717) is 25.9 Å². The molecule has 1 atom stereocenters. The van der Waals surface area contributed by atoms with Gasteiger partial charge in [0.25, 0.3) is 5.91 Å². The Morgan fingerprint density at radius 2 is 1.75 bits per heavy atom. The molecule has 6 nitrogen and oxygen atoms in total. The van der Waals surface area contributed by atoms with Crippen LogP contribution in [0.2, 0.25) is 0 Å². The van der Waals surface area contributed by atoms with Crippen molar-refractivity contribution in [1.29, 1.82) is 0 Å². The number of halogens is 1. The number of amides is 1. The molecule has 5 rings (SSSR count). The number of likely N-dealkylation sites (tertiary alicyclic amines) is 1. The standard InChI is InChI=1S/C25H24N2O4.ClH/c28-24-10-9-23(31-24)25(29)27-13-11-21(12-14-27)30-20-7-5-17(6-8-20)19-15-18-3-1-2-4-22(18)26-16-19;/h1-8,15-16,21,23H,9-14H2;1H/t23-;/m1./s1. The van der Waals surface area contributed by atoms with Gasteiger partial charge in [-0.1, -0.05) is 30.3 Å². The number of para-hydroxylation sites is 1. The molecule has 2 aromatic carbocycles. The van der Waals surface area contributed by atoms with Crippen LogP contribution in [0.15, 0.2) is 60.8 Å². The Bertz CT molecular complexity index is 1110. The molecule has 0 radical (unpaired) electrons. The van der Waals surface area contributed by atoms with E-state index in [1.807, 2.05) is 48.7 Å². The van der Waals surface area contributed by atoms with Crippen molar-refractivity contribution >= 4 is 35.2 Å². The molecule has 0 aliphatic carbocycles. The number of carbonyl (C=O) groups excluding carboxylic acids is 2. The smallest absolute Gasteiger partial charge is 0.306 e. The van der Waals surface area contributed by atoms with E-state index >= 15 is 0 Å². The van der Waals surface area contributed by atoms with E-state index in [-0.39, 0.29) is 30.4 Å². The van der Waals surface area contributed by atoms with Gasteiger partial charge in [-0.15, -0.1) is 12.4 Å². The lowest BCUT2D eigenvalue weighted by molar-refractivity contribution is -0.153. The van der Waals surface area contributed by atoms with E-state index in [1.165, 1.54) is 0 Å². The van der Waals surface area contributed by atoms with E-state index in [1.54, 1.807) is 4.90 Å². The number of nitrogens with zero attached hydrogens (tertiary/aromatic N) is 2. The third-order valence-corrected chi connectivity index (χ3v) is 5.99. The zero-order valence-electron chi connectivity index (χ0n) is 17.6. The van der Waals surface area contributed by atoms with Gasteiger partial charge in [-0.3, -0.25) is 14.6 Å². The van der Waals surface area contributed by atoms with Gasteiger partial charge in [-0.25, -0.2) is 0 Å². The minimum Gasteiger partial charge on any atom is -0.490 e. The number of pyridine rings is 1. The van der Waals surface area contributed by atoms with Crippen molar-refractivity contribution in [2.45, 2.75) is 37.9 Å². The second-order valence-electron chi connectivity index (χ2n) is 8.10. The van der Waals surface area contributed by atoms with Gasteiger partial charge in [0.05, 0.1) is 5.52 Å². The molecule has 0 bridgehead atoms. The first-order chi connectivity index (χ1) is 15.2. The Hall–Kier alpha value is -3.12. The maximum atomic E-state index is 12.5. The summed E-state index contributed by atoms with van der Waals surface area (Å²) < 4.78 is 11.3. The molecule has 0 spiro atoms. The molecule has 0 N–H and O–H groups in total. The van der Waals surface area contributed by atoms with Crippen molar-refractivity contribution in [2.75, 3.05) is 13.1 Å².